The number of hydroxylamine groups is 2. The van der Waals surface area contributed by atoms with Crippen molar-refractivity contribution in [3.05, 3.63) is 11.6 Å². The van der Waals surface area contributed by atoms with Gasteiger partial charge in [0.15, 0.2) is 0 Å². The van der Waals surface area contributed by atoms with Crippen molar-refractivity contribution in [3.63, 3.8) is 0 Å². The minimum absolute atomic E-state index is 0.120. The summed E-state index contributed by atoms with van der Waals surface area (Å²) < 4.78 is 0. The molecule has 8 atom stereocenters. The van der Waals surface area contributed by atoms with Gasteiger partial charge in [-0.3, -0.25) is 9.63 Å². The van der Waals surface area contributed by atoms with Crippen LogP contribution in [0.5, 0.6) is 0 Å². The Morgan fingerprint density at radius 3 is 2.73 bits per heavy atom. The van der Waals surface area contributed by atoms with E-state index in [0.717, 1.165) is 55.8 Å². The molecular formula is C29H49NO3. The molecule has 1 N–H and O–H groups in total. The van der Waals surface area contributed by atoms with Crippen LogP contribution in [0.1, 0.15) is 105 Å². The number of nitrogens with zero attached hydrogens (tertiary/aromatic N) is 1. The lowest BCUT2D eigenvalue weighted by atomic mass is 9.47. The third kappa shape index (κ3) is 4.56. The lowest BCUT2D eigenvalue weighted by molar-refractivity contribution is -0.176. The van der Waals surface area contributed by atoms with Gasteiger partial charge in [0.25, 0.3) is 0 Å². The van der Waals surface area contributed by atoms with E-state index in [1.54, 1.807) is 17.7 Å². The van der Waals surface area contributed by atoms with Crippen LogP contribution in [0, 0.1) is 40.4 Å². The van der Waals surface area contributed by atoms with Crippen molar-refractivity contribution < 1.29 is 14.7 Å². The fourth-order valence-corrected chi connectivity index (χ4v) is 8.91. The van der Waals surface area contributed by atoms with Crippen molar-refractivity contribution in [3.8, 4) is 0 Å². The van der Waals surface area contributed by atoms with Gasteiger partial charge in [-0.05, 0) is 105 Å². The van der Waals surface area contributed by atoms with Crippen LogP contribution in [0.4, 0.5) is 0 Å². The van der Waals surface area contributed by atoms with Crippen molar-refractivity contribution in [2.45, 2.75) is 111 Å². The lowest BCUT2D eigenvalue weighted by Gasteiger charge is -2.58. The van der Waals surface area contributed by atoms with E-state index >= 15 is 0 Å². The van der Waals surface area contributed by atoms with Crippen molar-refractivity contribution in [1.29, 1.82) is 0 Å². The van der Waals surface area contributed by atoms with Gasteiger partial charge in [0, 0.05) is 13.0 Å². The standard InChI is InChI=1S/C29H49NO3/c1-6-7-18-30(33-5)27(32)13-8-20(2)24-11-12-25-23-10-9-21-19-22(31)14-16-28(21,3)26(23)15-17-29(24,25)4/h9,20,22-26,31H,6-8,10-19H2,1-5H3/t20?,22-,23-,24+,25-,26-,28-,29+/m0/s1. The fourth-order valence-electron chi connectivity index (χ4n) is 8.91. The number of unbranched alkanes of at least 4 members (excludes halogenated alkanes) is 1. The number of hydrogen-bond acceptors (Lipinski definition) is 3. The molecule has 0 aromatic rings. The molecule has 4 rings (SSSR count). The highest BCUT2D eigenvalue weighted by atomic mass is 16.7. The van der Waals surface area contributed by atoms with E-state index in [0.29, 0.717) is 29.7 Å². The summed E-state index contributed by atoms with van der Waals surface area (Å²) in [5.41, 5.74) is 2.31. The number of amides is 1. The first kappa shape index (κ1) is 25.2. The number of hydrogen-bond donors (Lipinski definition) is 1. The number of carbonyl (C=O) groups excluding carboxylic acids is 1. The molecule has 0 spiro atoms. The van der Waals surface area contributed by atoms with Crippen LogP contribution in [0.2, 0.25) is 0 Å². The Bertz CT molecular complexity index is 734. The molecule has 0 saturated heterocycles. The molecule has 188 valence electrons. The Morgan fingerprint density at radius 1 is 1.21 bits per heavy atom. The first-order valence-electron chi connectivity index (χ1n) is 14.0. The molecule has 0 aromatic carbocycles. The number of fused-ring (bicyclic) bond motifs is 5. The predicted octanol–water partition coefficient (Wildman–Crippen LogP) is 6.53. The molecule has 0 heterocycles. The summed E-state index contributed by atoms with van der Waals surface area (Å²) in [5.74, 6) is 3.89. The van der Waals surface area contributed by atoms with Gasteiger partial charge in [-0.15, -0.1) is 0 Å². The maximum Gasteiger partial charge on any atom is 0.246 e. The molecule has 0 bridgehead atoms. The molecule has 1 unspecified atom stereocenters. The van der Waals surface area contributed by atoms with E-state index < -0.39 is 0 Å². The first-order valence-corrected chi connectivity index (χ1v) is 14.0. The van der Waals surface area contributed by atoms with E-state index in [2.05, 4.69) is 33.8 Å². The number of aliphatic hydroxyl groups is 1. The average molecular weight is 460 g/mol. The summed E-state index contributed by atoms with van der Waals surface area (Å²) >= 11 is 0. The Labute approximate surface area is 202 Å². The van der Waals surface area contributed by atoms with Gasteiger partial charge in [-0.2, -0.15) is 0 Å². The molecule has 3 saturated carbocycles. The topological polar surface area (TPSA) is 49.8 Å². The van der Waals surface area contributed by atoms with Crippen LogP contribution in [0.25, 0.3) is 0 Å². The number of allylic oxidation sites excluding steroid dienone is 1. The summed E-state index contributed by atoms with van der Waals surface area (Å²) in [6.45, 7) is 10.4. The van der Waals surface area contributed by atoms with Gasteiger partial charge < -0.3 is 5.11 Å². The third-order valence-electron chi connectivity index (χ3n) is 10.9. The second kappa shape index (κ2) is 10.0. The first-order chi connectivity index (χ1) is 15.7. The summed E-state index contributed by atoms with van der Waals surface area (Å²) in [4.78, 5) is 18.1. The Morgan fingerprint density at radius 2 is 2.00 bits per heavy atom. The molecule has 1 amide bonds. The van der Waals surface area contributed by atoms with Crippen LogP contribution in [0.15, 0.2) is 11.6 Å². The van der Waals surface area contributed by atoms with Gasteiger partial charge in [0.2, 0.25) is 5.91 Å². The Balaban J connectivity index is 1.41. The largest absolute Gasteiger partial charge is 0.393 e. The minimum atomic E-state index is -0.120. The molecule has 4 heteroatoms. The van der Waals surface area contributed by atoms with Crippen LogP contribution >= 0.6 is 0 Å². The van der Waals surface area contributed by atoms with E-state index in [1.807, 2.05) is 0 Å². The molecule has 4 aliphatic rings. The zero-order chi connectivity index (χ0) is 23.8. The normalized spacial score (nSPS) is 40.9. The number of rotatable bonds is 8. The van der Waals surface area contributed by atoms with Gasteiger partial charge >= 0.3 is 0 Å². The highest BCUT2D eigenvalue weighted by Crippen LogP contribution is 2.67. The third-order valence-corrected chi connectivity index (χ3v) is 10.9. The molecule has 3 fully saturated rings. The molecule has 33 heavy (non-hydrogen) atoms. The van der Waals surface area contributed by atoms with E-state index in [4.69, 9.17) is 4.84 Å². The summed E-state index contributed by atoms with van der Waals surface area (Å²) in [5, 5.41) is 11.8. The second-order valence-corrected chi connectivity index (χ2v) is 12.4. The molecule has 0 aromatic heterocycles. The monoisotopic (exact) mass is 459 g/mol. The molecule has 0 radical (unpaired) electrons. The van der Waals surface area contributed by atoms with E-state index in [9.17, 15) is 9.90 Å². The maximum absolute atomic E-state index is 12.7. The summed E-state index contributed by atoms with van der Waals surface area (Å²) in [6.07, 6.45) is 15.7. The SMILES string of the molecule is CCCCN(OC)C(=O)CCC(C)[C@H]1CC[C@H]2[C@@H]3CC=C4C[C@@H](O)CC[C@]4(C)[C@H]3CC[C@]12C. The predicted molar refractivity (Wildman–Crippen MR) is 133 cm³/mol. The van der Waals surface area contributed by atoms with Crippen molar-refractivity contribution in [2.24, 2.45) is 40.4 Å². The second-order valence-electron chi connectivity index (χ2n) is 12.4. The van der Waals surface area contributed by atoms with E-state index in [1.165, 1.54) is 38.5 Å². The van der Waals surface area contributed by atoms with Crippen LogP contribution < -0.4 is 0 Å². The highest BCUT2D eigenvalue weighted by Gasteiger charge is 2.59. The van der Waals surface area contributed by atoms with Gasteiger partial charge in [0.1, 0.15) is 0 Å². The van der Waals surface area contributed by atoms with Gasteiger partial charge in [0.05, 0.1) is 13.2 Å². The summed E-state index contributed by atoms with van der Waals surface area (Å²) in [7, 11) is 1.62. The Kier molecular flexibility index (Phi) is 7.65. The average Bonchev–Trinajstić information content (AvgIpc) is 3.15. The van der Waals surface area contributed by atoms with Crippen LogP contribution in [0.3, 0.4) is 0 Å². The molecule has 0 aliphatic heterocycles. The molecular weight excluding hydrogens is 410 g/mol. The van der Waals surface area contributed by atoms with Crippen LogP contribution in [-0.4, -0.2) is 35.8 Å². The van der Waals surface area contributed by atoms with Gasteiger partial charge in [-0.25, -0.2) is 5.06 Å². The quantitative estimate of drug-likeness (QED) is 0.331. The van der Waals surface area contributed by atoms with E-state index in [-0.39, 0.29) is 12.0 Å². The number of aliphatic hydroxyl groups excluding tert-OH is 1. The van der Waals surface area contributed by atoms with Crippen molar-refractivity contribution in [2.75, 3.05) is 13.7 Å². The fraction of sp³-hybridized carbons (Fsp3) is 0.897. The van der Waals surface area contributed by atoms with Crippen molar-refractivity contribution >= 4 is 5.91 Å². The zero-order valence-corrected chi connectivity index (χ0v) is 21.9. The summed E-state index contributed by atoms with van der Waals surface area (Å²) in [6, 6.07) is 0. The highest BCUT2D eigenvalue weighted by molar-refractivity contribution is 5.75. The minimum Gasteiger partial charge on any atom is -0.393 e. The maximum atomic E-state index is 12.7. The zero-order valence-electron chi connectivity index (χ0n) is 21.9. The smallest absolute Gasteiger partial charge is 0.246 e. The van der Waals surface area contributed by atoms with Gasteiger partial charge in [-0.1, -0.05) is 45.8 Å². The number of carbonyl (C=O) groups is 1. The van der Waals surface area contributed by atoms with Crippen molar-refractivity contribution in [1.82, 2.24) is 5.06 Å². The Hall–Kier alpha value is -0.870. The molecule has 4 aliphatic carbocycles. The molecule has 4 nitrogen and oxygen atoms in total. The van der Waals surface area contributed by atoms with Crippen LogP contribution in [-0.2, 0) is 9.63 Å². The lowest BCUT2D eigenvalue weighted by Crippen LogP contribution is -2.50.